The lowest BCUT2D eigenvalue weighted by Gasteiger charge is -2.20. The van der Waals surface area contributed by atoms with Crippen LogP contribution in [0.5, 0.6) is 0 Å². The molecular formula is C19H19N5O2S. The Balaban J connectivity index is 1.17. The third kappa shape index (κ3) is 2.95. The van der Waals surface area contributed by atoms with Crippen LogP contribution in [0.25, 0.3) is 10.1 Å². The zero-order valence-electron chi connectivity index (χ0n) is 14.5. The molecule has 2 aliphatic rings. The first-order valence-corrected chi connectivity index (χ1v) is 9.82. The summed E-state index contributed by atoms with van der Waals surface area (Å²) in [4.78, 5) is 22.0. The van der Waals surface area contributed by atoms with Crippen LogP contribution >= 0.6 is 11.3 Å². The molecule has 1 saturated heterocycles. The molecule has 27 heavy (non-hydrogen) atoms. The molecule has 3 aromatic rings. The van der Waals surface area contributed by atoms with E-state index in [1.165, 1.54) is 28.0 Å². The lowest BCUT2D eigenvalue weighted by Crippen LogP contribution is -2.32. The van der Waals surface area contributed by atoms with Crippen molar-refractivity contribution in [1.82, 2.24) is 20.8 Å². The van der Waals surface area contributed by atoms with E-state index < -0.39 is 5.91 Å². The molecule has 2 fully saturated rings. The summed E-state index contributed by atoms with van der Waals surface area (Å²) in [7, 11) is 0. The predicted molar refractivity (Wildman–Crippen MR) is 103 cm³/mol. The number of carbonyl (C=O) groups is 1. The van der Waals surface area contributed by atoms with E-state index in [9.17, 15) is 4.79 Å². The number of hydrogen-bond acceptors (Lipinski definition) is 7. The van der Waals surface area contributed by atoms with Crippen LogP contribution in [0.2, 0.25) is 0 Å². The Morgan fingerprint density at radius 2 is 1.96 bits per heavy atom. The summed E-state index contributed by atoms with van der Waals surface area (Å²) in [6, 6.07) is 9.09. The van der Waals surface area contributed by atoms with Crippen molar-refractivity contribution in [2.75, 3.05) is 18.0 Å². The smallest absolute Gasteiger partial charge is 0.277 e. The highest BCUT2D eigenvalue weighted by atomic mass is 32.1. The van der Waals surface area contributed by atoms with Gasteiger partial charge in [-0.25, -0.2) is 15.4 Å². The molecule has 5 rings (SSSR count). The number of hydrogen-bond donors (Lipinski definition) is 3. The van der Waals surface area contributed by atoms with Crippen LogP contribution in [0, 0.1) is 11.8 Å². The van der Waals surface area contributed by atoms with Gasteiger partial charge in [0.2, 0.25) is 5.95 Å². The minimum Gasteiger partial charge on any atom is -0.340 e. The summed E-state index contributed by atoms with van der Waals surface area (Å²) in [6.07, 6.45) is 2.88. The second-order valence-corrected chi connectivity index (χ2v) is 8.02. The monoisotopic (exact) mass is 381 g/mol. The highest BCUT2D eigenvalue weighted by Crippen LogP contribution is 2.46. The van der Waals surface area contributed by atoms with E-state index in [-0.39, 0.29) is 5.56 Å². The van der Waals surface area contributed by atoms with Gasteiger partial charge >= 0.3 is 0 Å². The number of hydroxylamine groups is 1. The fourth-order valence-corrected chi connectivity index (χ4v) is 5.02. The van der Waals surface area contributed by atoms with E-state index in [1.54, 1.807) is 16.8 Å². The van der Waals surface area contributed by atoms with Gasteiger partial charge in [0.1, 0.15) is 0 Å². The van der Waals surface area contributed by atoms with Crippen molar-refractivity contribution >= 4 is 33.3 Å². The van der Waals surface area contributed by atoms with Gasteiger partial charge in [-0.3, -0.25) is 10.0 Å². The van der Waals surface area contributed by atoms with E-state index >= 15 is 0 Å². The third-order valence-electron chi connectivity index (χ3n) is 5.57. The number of piperidine rings is 1. The summed E-state index contributed by atoms with van der Waals surface area (Å²) in [6.45, 7) is 2.76. The minimum atomic E-state index is -0.601. The van der Waals surface area contributed by atoms with Gasteiger partial charge in [0.25, 0.3) is 5.91 Å². The molecular weight excluding hydrogens is 362 g/mol. The normalized spacial score (nSPS) is 23.4. The molecule has 0 radical (unpaired) electrons. The SMILES string of the molecule is O=C(NO)c1cnc(N2CC3C(C2)C3NCc2csc3ccccc23)nc1. The van der Waals surface area contributed by atoms with E-state index in [0.29, 0.717) is 23.8 Å². The van der Waals surface area contributed by atoms with Crippen molar-refractivity contribution in [3.05, 3.63) is 53.2 Å². The van der Waals surface area contributed by atoms with Crippen LogP contribution in [0.1, 0.15) is 15.9 Å². The Morgan fingerprint density at radius 1 is 1.22 bits per heavy atom. The summed E-state index contributed by atoms with van der Waals surface area (Å²) in [5, 5.41) is 16.0. The number of nitrogens with one attached hydrogen (secondary N) is 2. The summed E-state index contributed by atoms with van der Waals surface area (Å²) >= 11 is 1.80. The zero-order chi connectivity index (χ0) is 18.4. The Labute approximate surface area is 160 Å². The molecule has 1 aliphatic carbocycles. The Hall–Kier alpha value is -2.55. The van der Waals surface area contributed by atoms with Crippen molar-refractivity contribution < 1.29 is 10.0 Å². The Bertz CT molecular complexity index is 977. The number of fused-ring (bicyclic) bond motifs is 2. The van der Waals surface area contributed by atoms with Gasteiger partial charge in [-0.1, -0.05) is 18.2 Å². The molecule has 1 saturated carbocycles. The number of amides is 1. The van der Waals surface area contributed by atoms with Gasteiger partial charge in [-0.15, -0.1) is 11.3 Å². The van der Waals surface area contributed by atoms with Crippen molar-refractivity contribution in [2.45, 2.75) is 12.6 Å². The summed E-state index contributed by atoms with van der Waals surface area (Å²) in [5.74, 6) is 1.29. The number of anilines is 1. The maximum Gasteiger partial charge on any atom is 0.277 e. The minimum absolute atomic E-state index is 0.244. The molecule has 2 unspecified atom stereocenters. The van der Waals surface area contributed by atoms with Gasteiger partial charge in [-0.2, -0.15) is 0 Å². The number of nitrogens with zero attached hydrogens (tertiary/aromatic N) is 3. The maximum atomic E-state index is 11.3. The first-order chi connectivity index (χ1) is 13.2. The quantitative estimate of drug-likeness (QED) is 0.463. The van der Waals surface area contributed by atoms with Crippen LogP contribution in [-0.2, 0) is 6.54 Å². The maximum absolute atomic E-state index is 11.3. The molecule has 1 aromatic carbocycles. The van der Waals surface area contributed by atoms with E-state index in [2.05, 4.69) is 49.8 Å². The number of benzene rings is 1. The molecule has 0 spiro atoms. The molecule has 0 bridgehead atoms. The highest BCUT2D eigenvalue weighted by molar-refractivity contribution is 7.17. The lowest BCUT2D eigenvalue weighted by atomic mass is 10.2. The zero-order valence-corrected chi connectivity index (χ0v) is 15.3. The van der Waals surface area contributed by atoms with Crippen LogP contribution in [0.4, 0.5) is 5.95 Å². The topological polar surface area (TPSA) is 90.4 Å². The van der Waals surface area contributed by atoms with Gasteiger partial charge in [-0.05, 0) is 34.2 Å². The van der Waals surface area contributed by atoms with Gasteiger partial charge in [0.05, 0.1) is 5.56 Å². The number of rotatable bonds is 5. The molecule has 2 atom stereocenters. The summed E-state index contributed by atoms with van der Waals surface area (Å²) in [5.41, 5.74) is 3.20. The Kier molecular flexibility index (Phi) is 4.04. The van der Waals surface area contributed by atoms with Crippen LogP contribution < -0.4 is 15.7 Å². The van der Waals surface area contributed by atoms with Gasteiger partial charge < -0.3 is 10.2 Å². The fraction of sp³-hybridized carbons (Fsp3) is 0.316. The van der Waals surface area contributed by atoms with Crippen LogP contribution in [0.15, 0.2) is 42.0 Å². The molecule has 3 heterocycles. The summed E-state index contributed by atoms with van der Waals surface area (Å²) < 4.78 is 1.34. The van der Waals surface area contributed by atoms with Crippen molar-refractivity contribution in [2.24, 2.45) is 11.8 Å². The lowest BCUT2D eigenvalue weighted by molar-refractivity contribution is 0.0705. The van der Waals surface area contributed by atoms with Crippen molar-refractivity contribution in [3.8, 4) is 0 Å². The second kappa shape index (κ2) is 6.56. The number of thiophene rings is 1. The first kappa shape index (κ1) is 16.6. The molecule has 3 N–H and O–H groups in total. The average Bonchev–Trinajstić information content (AvgIpc) is 3.06. The number of aromatic nitrogens is 2. The first-order valence-electron chi connectivity index (χ1n) is 8.94. The molecule has 1 aliphatic heterocycles. The van der Waals surface area contributed by atoms with Crippen molar-refractivity contribution in [1.29, 1.82) is 0 Å². The predicted octanol–water partition coefficient (Wildman–Crippen LogP) is 2.03. The molecule has 2 aromatic heterocycles. The molecule has 8 heteroatoms. The number of carbonyl (C=O) groups excluding carboxylic acids is 1. The van der Waals surface area contributed by atoms with Gasteiger partial charge in [0.15, 0.2) is 0 Å². The highest BCUT2D eigenvalue weighted by Gasteiger charge is 2.55. The standard InChI is InChI=1S/C19H19N5O2S/c25-18(23-26)11-5-21-19(22-6-11)24-8-14-15(9-24)17(14)20-7-12-10-27-16-4-2-1-3-13(12)16/h1-6,10,14-15,17,20,26H,7-9H2,(H,23,25). The Morgan fingerprint density at radius 3 is 2.70 bits per heavy atom. The fourth-order valence-electron chi connectivity index (χ4n) is 4.06. The van der Waals surface area contributed by atoms with Gasteiger partial charge in [0, 0.05) is 42.8 Å². The molecule has 7 nitrogen and oxygen atoms in total. The average molecular weight is 381 g/mol. The van der Waals surface area contributed by atoms with Crippen LogP contribution in [-0.4, -0.2) is 40.2 Å². The third-order valence-corrected chi connectivity index (χ3v) is 6.58. The molecule has 138 valence electrons. The van der Waals surface area contributed by atoms with Crippen LogP contribution in [0.3, 0.4) is 0 Å². The second-order valence-electron chi connectivity index (χ2n) is 7.11. The van der Waals surface area contributed by atoms with E-state index in [0.717, 1.165) is 19.6 Å². The van der Waals surface area contributed by atoms with E-state index in [4.69, 9.17) is 5.21 Å². The largest absolute Gasteiger partial charge is 0.340 e. The molecule has 1 amide bonds. The van der Waals surface area contributed by atoms with Crippen molar-refractivity contribution in [3.63, 3.8) is 0 Å². The van der Waals surface area contributed by atoms with E-state index in [1.807, 2.05) is 0 Å².